The number of aryl methyl sites for hydroxylation is 7. The summed E-state index contributed by atoms with van der Waals surface area (Å²) in [5, 5.41) is 13.8. The molecule has 2 fully saturated rings. The van der Waals surface area contributed by atoms with Crippen LogP contribution in [0.4, 0.5) is 0 Å². The Bertz CT molecular complexity index is 7910. The third kappa shape index (κ3) is 17.2. The topological polar surface area (TPSA) is 19.4 Å². The zero-order chi connectivity index (χ0) is 102. The highest BCUT2D eigenvalue weighted by Gasteiger charge is 2.43. The molecule has 4 bridgehead atoms. The highest BCUT2D eigenvalue weighted by molar-refractivity contribution is 6.03. The third-order valence-electron chi connectivity index (χ3n) is 32.8. The molecule has 0 N–H and O–H groups in total. The van der Waals surface area contributed by atoms with Gasteiger partial charge in [0.15, 0.2) is 28.5 Å². The minimum atomic E-state index is -0.0947. The van der Waals surface area contributed by atoms with Gasteiger partial charge in [-0.25, -0.2) is 0 Å². The number of aromatic nitrogens is 5. The highest BCUT2D eigenvalue weighted by atomic mass is 15.0. The maximum Gasteiger partial charge on any atom is 0.221 e. The minimum Gasteiger partial charge on any atom is -0.198 e. The number of pyridine rings is 5. The van der Waals surface area contributed by atoms with Crippen molar-refractivity contribution in [3.63, 3.8) is 0 Å². The average Bonchev–Trinajstić information content (AvgIpc) is 1.30. The fourth-order valence-corrected chi connectivity index (χ4v) is 23.9. The van der Waals surface area contributed by atoms with E-state index in [1.807, 2.05) is 6.92 Å². The molecule has 2 saturated carbocycles. The Kier molecular flexibility index (Phi) is 22.8. The van der Waals surface area contributed by atoms with Crippen molar-refractivity contribution in [2.75, 3.05) is 0 Å². The number of benzene rings is 11. The van der Waals surface area contributed by atoms with Gasteiger partial charge in [0.05, 0.1) is 61.6 Å². The Hall–Kier alpha value is -11.3. The standard InChI is InChI=1S/C28H34N.C27H32N.C26H28N.2C25H30N/c1-17-13-25-19-7-9-20(10-8-19)26(25)16-24(17)27-23-12-11-22(28(3,4)5)15-21(23)14-18(2)29(27)6;1-16-11-24-18-7-8-19(13-18)25(24)15-23(16)26-22-10-9-21(27(3,4)5)14-20(22)12-17(2)28(26)6;1-17-13-19-9-7-8-10-20(19)16-24(17)25-23-12-11-22(26(3,4)5)15-21(23)14-18(2)27(25)6;1-15-10-9-11-19-21(15)23-22-17(12-16(2)26(23)8)13-18(24(3,4)5)14-20(22)25(19,6)7;1-16-12-18-8-7-9-19(18)15-23(16)24-22-11-10-21(25(3,4)5)14-20(22)13-17(2)26(24)6/h11-16,19-20H,7-10H2,1-6H3;9-12,14-15,18-19H,7-8,13H2,1-6H3;7-16H,1-6H3;9-14H,1-8H3;10-15H,7-9H2,1-6H3/q5*+1/i14D;12D;14D;12D;13D. The molecular weight excluding hydrogens is 1640 g/mol. The van der Waals surface area contributed by atoms with Crippen LogP contribution in [0.1, 0.15) is 328 Å². The number of hydrogen-bond donors (Lipinski definition) is 0. The Labute approximate surface area is 822 Å². The second-order valence-corrected chi connectivity index (χ2v) is 47.6. The van der Waals surface area contributed by atoms with Gasteiger partial charge in [-0.2, -0.15) is 22.8 Å². The SMILES string of the molecule is [2H]c1c(C)[n+](C)c(-c2cc3c(cc2C)C2CCC3C2)c2ccc(C(C)(C)C)cc12.[2H]c1c(C)[n+](C)c(-c2cc3c(cc2C)C2CCC3CC2)c2ccc(C(C)(C)C)cc12.[2H]c1c(C)[n+](C)c(-c2cc3c(cc2C)CCC3)c2ccc(C(C)(C)C)cc12.[2H]c1c(C)[n+](C)c(-c2cc3ccccc3cc2C)c2ccc(C(C)(C)C)cc12.[2H]c1c(C)[n+](C)c2c3c(cc(C(C)(C)C)cc13)C(C)(C)c1cccc(C)c1-2. The van der Waals surface area contributed by atoms with Crippen LogP contribution < -0.4 is 22.8 Å². The van der Waals surface area contributed by atoms with E-state index < -0.39 is 0 Å². The summed E-state index contributed by atoms with van der Waals surface area (Å²) >= 11 is 0. The van der Waals surface area contributed by atoms with Crippen LogP contribution in [0.15, 0.2) is 206 Å². The van der Waals surface area contributed by atoms with E-state index in [1.165, 1.54) is 231 Å². The second-order valence-electron chi connectivity index (χ2n) is 47.6. The molecule has 7 aliphatic rings. The number of nitrogens with zero attached hydrogens (tertiary/aromatic N) is 5. The molecule has 2 atom stereocenters. The van der Waals surface area contributed by atoms with Gasteiger partial charge in [0.25, 0.3) is 0 Å². The van der Waals surface area contributed by atoms with E-state index in [0.717, 1.165) is 84.5 Å². The minimum absolute atomic E-state index is 0.0478. The van der Waals surface area contributed by atoms with Gasteiger partial charge in [0.2, 0.25) is 28.5 Å². The molecule has 2 unspecified atom stereocenters. The Morgan fingerprint density at radius 1 is 0.279 bits per heavy atom. The predicted molar refractivity (Wildman–Crippen MR) is 579 cm³/mol. The molecule has 0 amide bonds. The molecule has 698 valence electrons. The molecule has 0 radical (unpaired) electrons. The Morgan fingerprint density at radius 2 is 0.596 bits per heavy atom. The first kappa shape index (κ1) is 88.7. The molecule has 5 aromatic heterocycles. The fourth-order valence-electron chi connectivity index (χ4n) is 23.9. The fraction of sp³-hybridized carbons (Fsp3) is 0.397. The van der Waals surface area contributed by atoms with Crippen molar-refractivity contribution in [2.45, 2.75) is 307 Å². The largest absolute Gasteiger partial charge is 0.221 e. The van der Waals surface area contributed by atoms with Gasteiger partial charge in [-0.1, -0.05) is 245 Å². The molecule has 0 saturated heterocycles. The zero-order valence-electron chi connectivity index (χ0n) is 93.4. The molecular formula is C131H154N5+5. The van der Waals surface area contributed by atoms with Crippen LogP contribution >= 0.6 is 0 Å². The molecule has 5 heterocycles. The van der Waals surface area contributed by atoms with Gasteiger partial charge in [0, 0.05) is 70.2 Å². The van der Waals surface area contributed by atoms with E-state index in [2.05, 4.69) is 414 Å². The van der Waals surface area contributed by atoms with Crippen molar-refractivity contribution >= 4 is 64.6 Å². The Morgan fingerprint density at radius 3 is 1.00 bits per heavy atom. The van der Waals surface area contributed by atoms with E-state index in [0.29, 0.717) is 30.2 Å². The summed E-state index contributed by atoms with van der Waals surface area (Å²) < 4.78 is 55.1. The smallest absolute Gasteiger partial charge is 0.198 e. The first-order valence-electron chi connectivity index (χ1n) is 53.4. The van der Waals surface area contributed by atoms with Crippen LogP contribution in [0, 0.1) is 69.2 Å². The average molecular weight is 1800 g/mol. The third-order valence-corrected chi connectivity index (χ3v) is 32.8. The van der Waals surface area contributed by atoms with Crippen LogP contribution in [-0.2, 0) is 80.6 Å². The number of fused-ring (bicyclic) bond motifs is 15. The van der Waals surface area contributed by atoms with Crippen LogP contribution in [-0.4, -0.2) is 0 Å². The monoisotopic (exact) mass is 1800 g/mol. The van der Waals surface area contributed by atoms with E-state index in [9.17, 15) is 0 Å². The molecule has 7 aliphatic carbocycles. The van der Waals surface area contributed by atoms with E-state index in [1.54, 1.807) is 22.3 Å². The lowest BCUT2D eigenvalue weighted by Crippen LogP contribution is -2.39. The molecule has 23 rings (SSSR count). The number of rotatable bonds is 4. The first-order valence-corrected chi connectivity index (χ1v) is 50.9. The van der Waals surface area contributed by atoms with Crippen LogP contribution in [0.25, 0.3) is 121 Å². The summed E-state index contributed by atoms with van der Waals surface area (Å²) in [6, 6.07) is 69.2. The van der Waals surface area contributed by atoms with E-state index in [-0.39, 0.29) is 32.5 Å². The van der Waals surface area contributed by atoms with Crippen LogP contribution in [0.5, 0.6) is 0 Å². The molecule has 0 aliphatic heterocycles. The van der Waals surface area contributed by atoms with Gasteiger partial charge in [-0.05, 0) is 336 Å². The van der Waals surface area contributed by atoms with E-state index >= 15 is 0 Å². The van der Waals surface area contributed by atoms with Crippen LogP contribution in [0.2, 0.25) is 0 Å². The molecule has 5 nitrogen and oxygen atoms in total. The number of hydrogen-bond acceptors (Lipinski definition) is 0. The van der Waals surface area contributed by atoms with Gasteiger partial charge < -0.3 is 0 Å². The maximum atomic E-state index is 8.87. The van der Waals surface area contributed by atoms with Crippen molar-refractivity contribution in [3.8, 4) is 56.3 Å². The maximum absolute atomic E-state index is 8.87. The molecule has 16 aromatic rings. The summed E-state index contributed by atoms with van der Waals surface area (Å²) in [5.41, 5.74) is 43.4. The molecule has 5 heteroatoms. The lowest BCUT2D eigenvalue weighted by atomic mass is 9.66. The quantitative estimate of drug-likeness (QED) is 0.157. The van der Waals surface area contributed by atoms with Crippen molar-refractivity contribution in [2.24, 2.45) is 35.2 Å². The highest BCUT2D eigenvalue weighted by Crippen LogP contribution is 2.56. The van der Waals surface area contributed by atoms with Gasteiger partial charge in [0.1, 0.15) is 35.2 Å². The summed E-state index contributed by atoms with van der Waals surface area (Å²) in [7, 11) is 10.5. The predicted octanol–water partition coefficient (Wildman–Crippen LogP) is 31.6. The lowest BCUT2D eigenvalue weighted by molar-refractivity contribution is -0.665. The summed E-state index contributed by atoms with van der Waals surface area (Å²) in [4.78, 5) is 0. The molecule has 11 aromatic carbocycles. The normalized spacial score (nSPS) is 17.2. The summed E-state index contributed by atoms with van der Waals surface area (Å²) in [6.07, 6.45) is 13.2. The van der Waals surface area contributed by atoms with Gasteiger partial charge in [-0.15, -0.1) is 0 Å². The Balaban J connectivity index is 0.000000117. The second kappa shape index (κ2) is 35.0. The van der Waals surface area contributed by atoms with E-state index in [4.69, 9.17) is 6.85 Å². The molecule has 136 heavy (non-hydrogen) atoms. The summed E-state index contributed by atoms with van der Waals surface area (Å²) in [5.74, 6) is 3.06. The van der Waals surface area contributed by atoms with Crippen molar-refractivity contribution in [1.29, 1.82) is 0 Å². The van der Waals surface area contributed by atoms with Crippen molar-refractivity contribution < 1.29 is 29.7 Å². The molecule has 0 spiro atoms. The van der Waals surface area contributed by atoms with Crippen molar-refractivity contribution in [3.05, 3.63) is 335 Å². The van der Waals surface area contributed by atoms with Gasteiger partial charge >= 0.3 is 0 Å². The first-order chi connectivity index (χ1) is 66.1. The lowest BCUT2D eigenvalue weighted by Gasteiger charge is -2.38. The van der Waals surface area contributed by atoms with Crippen LogP contribution in [0.3, 0.4) is 0 Å². The van der Waals surface area contributed by atoms with Crippen molar-refractivity contribution in [1.82, 2.24) is 0 Å². The zero-order valence-corrected chi connectivity index (χ0v) is 88.4. The van der Waals surface area contributed by atoms with Gasteiger partial charge in [-0.3, -0.25) is 0 Å². The summed E-state index contributed by atoms with van der Waals surface area (Å²) in [6.45, 7) is 59.8.